The number of nitrogens with zero attached hydrogens (tertiary/aromatic N) is 1. The van der Waals surface area contributed by atoms with Crippen molar-refractivity contribution in [2.24, 2.45) is 0 Å². The molecule has 2 N–H and O–H groups in total. The van der Waals surface area contributed by atoms with Gasteiger partial charge in [0.15, 0.2) is 0 Å². The smallest absolute Gasteiger partial charge is 0.339 e. The molecular weight excluding hydrogens is 362 g/mol. The summed E-state index contributed by atoms with van der Waals surface area (Å²) >= 11 is 6.00. The lowest BCUT2D eigenvalue weighted by Crippen LogP contribution is -2.34. The molecule has 1 aromatic heterocycles. The van der Waals surface area contributed by atoms with E-state index in [4.69, 9.17) is 16.3 Å². The third kappa shape index (κ3) is 4.82. The van der Waals surface area contributed by atoms with Crippen LogP contribution in [0.15, 0.2) is 34.0 Å². The molecule has 2 aromatic rings. The molecule has 138 valence electrons. The van der Waals surface area contributed by atoms with Gasteiger partial charge in [0.05, 0.1) is 16.7 Å². The first-order valence-corrected chi connectivity index (χ1v) is 8.16. The molecule has 8 nitrogen and oxygen atoms in total. The Balaban J connectivity index is 2.17. The van der Waals surface area contributed by atoms with Crippen LogP contribution in [0.25, 0.3) is 0 Å². The summed E-state index contributed by atoms with van der Waals surface area (Å²) < 4.78 is 6.18. The zero-order valence-corrected chi connectivity index (χ0v) is 15.2. The maximum atomic E-state index is 12.2. The van der Waals surface area contributed by atoms with Crippen LogP contribution in [-0.4, -0.2) is 27.5 Å². The van der Waals surface area contributed by atoms with Gasteiger partial charge in [0, 0.05) is 17.4 Å². The van der Waals surface area contributed by atoms with Gasteiger partial charge in [-0.3, -0.25) is 19.1 Å². The molecule has 1 heterocycles. The Labute approximate surface area is 153 Å². The number of H-pyrrole nitrogens is 1. The molecule has 0 unspecified atom stereocenters. The van der Waals surface area contributed by atoms with E-state index in [1.807, 2.05) is 0 Å². The molecular formula is C17H18ClN3O5. The van der Waals surface area contributed by atoms with Gasteiger partial charge in [-0.15, -0.1) is 0 Å². The Kier molecular flexibility index (Phi) is 5.99. The van der Waals surface area contributed by atoms with Crippen molar-refractivity contribution in [1.29, 1.82) is 0 Å². The van der Waals surface area contributed by atoms with Crippen LogP contribution in [0.4, 0.5) is 5.69 Å². The zero-order chi connectivity index (χ0) is 19.4. The average Bonchev–Trinajstić information content (AvgIpc) is 2.53. The molecule has 0 aliphatic carbocycles. The molecule has 1 amide bonds. The fourth-order valence-corrected chi connectivity index (χ4v) is 2.32. The van der Waals surface area contributed by atoms with Crippen molar-refractivity contribution >= 4 is 29.2 Å². The lowest BCUT2D eigenvalue weighted by molar-refractivity contribution is -0.116. The monoisotopic (exact) mass is 379 g/mol. The van der Waals surface area contributed by atoms with Crippen LogP contribution in [0.3, 0.4) is 0 Å². The second kappa shape index (κ2) is 8.01. The van der Waals surface area contributed by atoms with Crippen molar-refractivity contribution in [3.05, 3.63) is 61.4 Å². The number of hydrogen-bond donors (Lipinski definition) is 2. The number of aromatic amines is 1. The van der Waals surface area contributed by atoms with E-state index in [0.29, 0.717) is 11.3 Å². The minimum absolute atomic E-state index is 0.121. The molecule has 0 saturated heterocycles. The minimum Gasteiger partial charge on any atom is -0.459 e. The van der Waals surface area contributed by atoms with Crippen molar-refractivity contribution in [2.75, 3.05) is 5.32 Å². The Hall–Kier alpha value is -2.87. The number of amides is 1. The number of esters is 1. The second-order valence-electron chi connectivity index (χ2n) is 5.90. The van der Waals surface area contributed by atoms with Gasteiger partial charge in [-0.05, 0) is 39.0 Å². The van der Waals surface area contributed by atoms with Gasteiger partial charge >= 0.3 is 11.7 Å². The van der Waals surface area contributed by atoms with E-state index in [1.54, 1.807) is 13.8 Å². The summed E-state index contributed by atoms with van der Waals surface area (Å²) in [5, 5.41) is 2.77. The number of rotatable bonds is 5. The number of carbonyl (C=O) groups excluding carboxylic acids is 2. The molecule has 26 heavy (non-hydrogen) atoms. The lowest BCUT2D eigenvalue weighted by Gasteiger charge is -2.12. The molecule has 0 atom stereocenters. The van der Waals surface area contributed by atoms with Crippen molar-refractivity contribution in [2.45, 2.75) is 33.4 Å². The lowest BCUT2D eigenvalue weighted by atomic mass is 10.2. The highest BCUT2D eigenvalue weighted by molar-refractivity contribution is 6.33. The summed E-state index contributed by atoms with van der Waals surface area (Å²) in [7, 11) is 0. The third-order valence-corrected chi connectivity index (χ3v) is 3.65. The van der Waals surface area contributed by atoms with Crippen LogP contribution < -0.4 is 16.6 Å². The number of aryl methyl sites for hydroxylation is 1. The Morgan fingerprint density at radius 1 is 1.31 bits per heavy atom. The summed E-state index contributed by atoms with van der Waals surface area (Å²) in [6, 6.07) is 4.38. The van der Waals surface area contributed by atoms with Gasteiger partial charge in [-0.2, -0.15) is 0 Å². The number of benzene rings is 1. The summed E-state index contributed by atoms with van der Waals surface area (Å²) in [4.78, 5) is 49.4. The molecule has 0 aliphatic heterocycles. The number of anilines is 1. The van der Waals surface area contributed by atoms with Crippen LogP contribution in [0.1, 0.15) is 29.8 Å². The Morgan fingerprint density at radius 3 is 2.65 bits per heavy atom. The van der Waals surface area contributed by atoms with Crippen molar-refractivity contribution < 1.29 is 14.3 Å². The molecule has 0 fully saturated rings. The van der Waals surface area contributed by atoms with E-state index in [9.17, 15) is 19.2 Å². The highest BCUT2D eigenvalue weighted by atomic mass is 35.5. The van der Waals surface area contributed by atoms with Crippen LogP contribution in [0.5, 0.6) is 0 Å². The van der Waals surface area contributed by atoms with E-state index >= 15 is 0 Å². The number of carbonyl (C=O) groups is 2. The standard InChI is InChI=1S/C17H18ClN3O5/c1-9(2)26-16(24)12-6-11(4-5-13(12)18)19-14(22)8-21-7-10(3)15(23)20-17(21)25/h4-7,9H,8H2,1-3H3,(H,19,22)(H,20,23,25). The summed E-state index contributed by atoms with van der Waals surface area (Å²) in [5.74, 6) is -1.11. The average molecular weight is 380 g/mol. The molecule has 0 saturated carbocycles. The SMILES string of the molecule is Cc1cn(CC(=O)Nc2ccc(Cl)c(C(=O)OC(C)C)c2)c(=O)[nH]c1=O. The third-order valence-electron chi connectivity index (χ3n) is 3.32. The summed E-state index contributed by atoms with van der Waals surface area (Å²) in [5.41, 5.74) is -0.437. The van der Waals surface area contributed by atoms with Gasteiger partial charge in [0.1, 0.15) is 6.54 Å². The Bertz CT molecular complexity index is 962. The minimum atomic E-state index is -0.687. The predicted molar refractivity (Wildman–Crippen MR) is 96.7 cm³/mol. The maximum Gasteiger partial charge on any atom is 0.339 e. The van der Waals surface area contributed by atoms with Crippen LogP contribution >= 0.6 is 11.6 Å². The number of hydrogen-bond acceptors (Lipinski definition) is 5. The first-order chi connectivity index (χ1) is 12.2. The van der Waals surface area contributed by atoms with E-state index in [0.717, 1.165) is 4.57 Å². The van der Waals surface area contributed by atoms with Crippen molar-refractivity contribution in [1.82, 2.24) is 9.55 Å². The van der Waals surface area contributed by atoms with E-state index in [-0.39, 0.29) is 23.2 Å². The van der Waals surface area contributed by atoms with Crippen molar-refractivity contribution in [3.8, 4) is 0 Å². The molecule has 0 aliphatic rings. The van der Waals surface area contributed by atoms with E-state index in [1.165, 1.54) is 31.3 Å². The van der Waals surface area contributed by atoms with Crippen LogP contribution in [0.2, 0.25) is 5.02 Å². The number of halogens is 1. The first-order valence-electron chi connectivity index (χ1n) is 7.78. The quantitative estimate of drug-likeness (QED) is 0.768. The molecule has 9 heteroatoms. The number of ether oxygens (including phenoxy) is 1. The maximum absolute atomic E-state index is 12.2. The van der Waals surface area contributed by atoms with Gasteiger partial charge in [0.25, 0.3) is 5.56 Å². The normalized spacial score (nSPS) is 10.7. The molecule has 0 radical (unpaired) electrons. The summed E-state index contributed by atoms with van der Waals surface area (Å²) in [6.45, 7) is 4.64. The van der Waals surface area contributed by atoms with Gasteiger partial charge in [-0.25, -0.2) is 9.59 Å². The molecule has 0 bridgehead atoms. The van der Waals surface area contributed by atoms with Crippen LogP contribution in [-0.2, 0) is 16.1 Å². The predicted octanol–water partition coefficient (Wildman–Crippen LogP) is 1.70. The van der Waals surface area contributed by atoms with E-state index < -0.39 is 23.1 Å². The first kappa shape index (κ1) is 19.5. The molecule has 0 spiro atoms. The highest BCUT2D eigenvalue weighted by Crippen LogP contribution is 2.22. The van der Waals surface area contributed by atoms with Crippen molar-refractivity contribution in [3.63, 3.8) is 0 Å². The number of nitrogens with one attached hydrogen (secondary N) is 2. The van der Waals surface area contributed by atoms with Gasteiger partial charge in [0.2, 0.25) is 5.91 Å². The fourth-order valence-electron chi connectivity index (χ4n) is 2.13. The highest BCUT2D eigenvalue weighted by Gasteiger charge is 2.15. The Morgan fingerprint density at radius 2 is 2.00 bits per heavy atom. The fraction of sp³-hybridized carbons (Fsp3) is 0.294. The number of aromatic nitrogens is 2. The van der Waals surface area contributed by atoms with E-state index in [2.05, 4.69) is 10.3 Å². The molecule has 2 rings (SSSR count). The second-order valence-corrected chi connectivity index (χ2v) is 6.30. The van der Waals surface area contributed by atoms with Gasteiger partial charge < -0.3 is 10.1 Å². The zero-order valence-electron chi connectivity index (χ0n) is 14.5. The molecule has 1 aromatic carbocycles. The van der Waals surface area contributed by atoms with Gasteiger partial charge in [-0.1, -0.05) is 11.6 Å². The van der Waals surface area contributed by atoms with Crippen LogP contribution in [0, 0.1) is 6.92 Å². The topological polar surface area (TPSA) is 110 Å². The largest absolute Gasteiger partial charge is 0.459 e. The summed E-state index contributed by atoms with van der Waals surface area (Å²) in [6.07, 6.45) is 0.987.